The number of aliphatic hydroxyl groups excluding tert-OH is 1. The molecule has 0 aliphatic heterocycles. The van der Waals surface area contributed by atoms with Gasteiger partial charge in [0, 0.05) is 11.8 Å². The van der Waals surface area contributed by atoms with Crippen LogP contribution in [0.3, 0.4) is 0 Å². The molecule has 0 saturated carbocycles. The molecule has 2 nitrogen and oxygen atoms in total. The molecule has 0 radical (unpaired) electrons. The highest BCUT2D eigenvalue weighted by molar-refractivity contribution is 5.78. The number of hydrogen-bond donors (Lipinski definition) is 1. The molecule has 2 aromatic carbocycles. The van der Waals surface area contributed by atoms with E-state index in [1.165, 1.54) is 17.2 Å². The zero-order valence-corrected chi connectivity index (χ0v) is 12.1. The van der Waals surface area contributed by atoms with E-state index in [1.54, 1.807) is 18.2 Å². The zero-order chi connectivity index (χ0) is 15.0. The topological polar surface area (TPSA) is 33.4 Å². The fourth-order valence-corrected chi connectivity index (χ4v) is 2.47. The second-order valence-electron chi connectivity index (χ2n) is 5.45. The zero-order valence-electron chi connectivity index (χ0n) is 12.1. The Hall–Kier alpha value is -2.13. The predicted molar refractivity (Wildman–Crippen MR) is 80.8 cm³/mol. The maximum atomic E-state index is 13.6. The van der Waals surface area contributed by atoms with E-state index in [4.69, 9.17) is 4.42 Å². The van der Waals surface area contributed by atoms with Crippen LogP contribution in [-0.2, 0) is 6.42 Å². The number of halogens is 1. The van der Waals surface area contributed by atoms with Crippen LogP contribution in [0.2, 0.25) is 0 Å². The van der Waals surface area contributed by atoms with Gasteiger partial charge in [-0.25, -0.2) is 4.39 Å². The van der Waals surface area contributed by atoms with Crippen LogP contribution in [0, 0.1) is 19.7 Å². The number of fused-ring (bicyclic) bond motifs is 1. The Balaban J connectivity index is 1.87. The summed E-state index contributed by atoms with van der Waals surface area (Å²) in [5.41, 5.74) is 3.65. The van der Waals surface area contributed by atoms with Crippen molar-refractivity contribution < 1.29 is 13.9 Å². The van der Waals surface area contributed by atoms with Crippen molar-refractivity contribution in [2.45, 2.75) is 26.4 Å². The van der Waals surface area contributed by atoms with Crippen LogP contribution in [0.5, 0.6) is 0 Å². The smallest absolute Gasteiger partial charge is 0.170 e. The van der Waals surface area contributed by atoms with Crippen LogP contribution in [0.1, 0.15) is 28.6 Å². The van der Waals surface area contributed by atoms with Crippen molar-refractivity contribution in [1.82, 2.24) is 0 Å². The second-order valence-corrected chi connectivity index (χ2v) is 5.45. The highest BCUT2D eigenvalue weighted by Gasteiger charge is 2.16. The molecule has 3 rings (SSSR count). The second kappa shape index (κ2) is 5.34. The van der Waals surface area contributed by atoms with Gasteiger partial charge in [0.15, 0.2) is 11.4 Å². The molecule has 0 amide bonds. The molecule has 0 bridgehead atoms. The van der Waals surface area contributed by atoms with E-state index in [2.05, 4.69) is 13.0 Å². The Morgan fingerprint density at radius 2 is 1.90 bits per heavy atom. The maximum absolute atomic E-state index is 13.6. The van der Waals surface area contributed by atoms with Crippen LogP contribution in [0.15, 0.2) is 46.9 Å². The third-order valence-corrected chi connectivity index (χ3v) is 3.84. The molecule has 0 aliphatic rings. The summed E-state index contributed by atoms with van der Waals surface area (Å²) in [6, 6.07) is 12.5. The Morgan fingerprint density at radius 3 is 2.62 bits per heavy atom. The van der Waals surface area contributed by atoms with Crippen molar-refractivity contribution >= 4 is 11.0 Å². The van der Waals surface area contributed by atoms with Gasteiger partial charge in [0.1, 0.15) is 11.9 Å². The highest BCUT2D eigenvalue weighted by Crippen LogP contribution is 2.28. The number of para-hydroxylation sites is 1. The lowest BCUT2D eigenvalue weighted by molar-refractivity contribution is 0.152. The summed E-state index contributed by atoms with van der Waals surface area (Å²) in [6.07, 6.45) is -0.332. The number of aliphatic hydroxyl groups is 1. The number of aryl methyl sites for hydroxylation is 2. The lowest BCUT2D eigenvalue weighted by Crippen LogP contribution is -2.01. The summed E-state index contributed by atoms with van der Waals surface area (Å²) < 4.78 is 19.1. The molecule has 0 aliphatic carbocycles. The molecule has 1 atom stereocenters. The summed E-state index contributed by atoms with van der Waals surface area (Å²) in [6.45, 7) is 4.10. The first-order valence-electron chi connectivity index (χ1n) is 6.97. The van der Waals surface area contributed by atoms with Crippen LogP contribution in [0.4, 0.5) is 4.39 Å². The van der Waals surface area contributed by atoms with E-state index < -0.39 is 11.9 Å². The highest BCUT2D eigenvalue weighted by atomic mass is 19.1. The van der Waals surface area contributed by atoms with Crippen molar-refractivity contribution in [2.75, 3.05) is 0 Å². The molecule has 1 unspecified atom stereocenters. The molecule has 21 heavy (non-hydrogen) atoms. The first-order chi connectivity index (χ1) is 10.0. The minimum atomic E-state index is -0.779. The van der Waals surface area contributed by atoms with Gasteiger partial charge in [0.25, 0.3) is 0 Å². The van der Waals surface area contributed by atoms with E-state index in [1.807, 2.05) is 19.1 Å². The van der Waals surface area contributed by atoms with Crippen LogP contribution < -0.4 is 0 Å². The minimum absolute atomic E-state index is 0.201. The van der Waals surface area contributed by atoms with Gasteiger partial charge in [-0.15, -0.1) is 0 Å². The summed E-state index contributed by atoms with van der Waals surface area (Å²) in [7, 11) is 0. The van der Waals surface area contributed by atoms with Crippen molar-refractivity contribution in [1.29, 1.82) is 0 Å². The third-order valence-electron chi connectivity index (χ3n) is 3.84. The molecule has 1 N–H and O–H groups in total. The van der Waals surface area contributed by atoms with Gasteiger partial charge in [-0.1, -0.05) is 30.3 Å². The monoisotopic (exact) mass is 284 g/mol. The van der Waals surface area contributed by atoms with Crippen molar-refractivity contribution in [3.63, 3.8) is 0 Å². The standard InChI is InChI=1S/C18H17FO2/c1-11-6-7-13(8-12(11)2)9-16(20)17-10-14-4-3-5-15(19)18(14)21-17/h3-8,10,16,20H,9H2,1-2H3. The molecule has 0 fully saturated rings. The first kappa shape index (κ1) is 13.8. The lowest BCUT2D eigenvalue weighted by atomic mass is 10.0. The Kier molecular flexibility index (Phi) is 3.52. The maximum Gasteiger partial charge on any atom is 0.170 e. The lowest BCUT2D eigenvalue weighted by Gasteiger charge is -2.09. The Morgan fingerprint density at radius 1 is 1.10 bits per heavy atom. The quantitative estimate of drug-likeness (QED) is 0.770. The van der Waals surface area contributed by atoms with E-state index in [0.29, 0.717) is 17.6 Å². The molecule has 0 saturated heterocycles. The fraction of sp³-hybridized carbons (Fsp3) is 0.222. The molecule has 1 heterocycles. The Bertz CT molecular complexity index is 789. The van der Waals surface area contributed by atoms with Crippen LogP contribution in [0.25, 0.3) is 11.0 Å². The van der Waals surface area contributed by atoms with Gasteiger partial charge in [0.2, 0.25) is 0 Å². The van der Waals surface area contributed by atoms with Gasteiger partial charge >= 0.3 is 0 Å². The molecule has 3 heteroatoms. The van der Waals surface area contributed by atoms with Gasteiger partial charge in [0.05, 0.1) is 0 Å². The van der Waals surface area contributed by atoms with Gasteiger partial charge in [-0.2, -0.15) is 0 Å². The molecule has 1 aromatic heterocycles. The van der Waals surface area contributed by atoms with Crippen LogP contribution in [-0.4, -0.2) is 5.11 Å². The van der Waals surface area contributed by atoms with Crippen molar-refractivity contribution in [3.8, 4) is 0 Å². The normalized spacial score (nSPS) is 12.8. The molecular weight excluding hydrogens is 267 g/mol. The van der Waals surface area contributed by atoms with E-state index >= 15 is 0 Å². The van der Waals surface area contributed by atoms with Gasteiger partial charge in [-0.3, -0.25) is 0 Å². The predicted octanol–water partition coefficient (Wildman–Crippen LogP) is 4.46. The third kappa shape index (κ3) is 2.69. The summed E-state index contributed by atoms with van der Waals surface area (Å²) >= 11 is 0. The number of furan rings is 1. The summed E-state index contributed by atoms with van der Waals surface area (Å²) in [4.78, 5) is 0. The molecular formula is C18H17FO2. The summed E-state index contributed by atoms with van der Waals surface area (Å²) in [5.74, 6) is -0.00883. The SMILES string of the molecule is Cc1ccc(CC(O)c2cc3cccc(F)c3o2)cc1C. The Labute approximate surface area is 122 Å². The van der Waals surface area contributed by atoms with E-state index in [9.17, 15) is 9.50 Å². The average Bonchev–Trinajstić information content (AvgIpc) is 2.89. The van der Waals surface area contributed by atoms with E-state index in [-0.39, 0.29) is 5.58 Å². The largest absolute Gasteiger partial charge is 0.455 e. The molecule has 0 spiro atoms. The number of benzene rings is 2. The minimum Gasteiger partial charge on any atom is -0.455 e. The fourth-order valence-electron chi connectivity index (χ4n) is 2.47. The average molecular weight is 284 g/mol. The van der Waals surface area contributed by atoms with E-state index in [0.717, 1.165) is 5.56 Å². The van der Waals surface area contributed by atoms with Crippen molar-refractivity contribution in [2.24, 2.45) is 0 Å². The van der Waals surface area contributed by atoms with Crippen LogP contribution >= 0.6 is 0 Å². The molecule has 3 aromatic rings. The van der Waals surface area contributed by atoms with Gasteiger partial charge < -0.3 is 9.52 Å². The first-order valence-corrected chi connectivity index (χ1v) is 6.97. The van der Waals surface area contributed by atoms with Gasteiger partial charge in [-0.05, 0) is 42.7 Å². The number of rotatable bonds is 3. The molecule has 108 valence electrons. The summed E-state index contributed by atoms with van der Waals surface area (Å²) in [5, 5.41) is 11.0. The number of hydrogen-bond acceptors (Lipinski definition) is 2. The van der Waals surface area contributed by atoms with Crippen molar-refractivity contribution in [3.05, 3.63) is 70.7 Å².